The molecule has 0 saturated carbocycles. The predicted molar refractivity (Wildman–Crippen MR) is 136 cm³/mol. The molecule has 6 rings (SSSR count). The van der Waals surface area contributed by atoms with Crippen LogP contribution in [0, 0.1) is 6.92 Å². The molecule has 0 bridgehead atoms. The SMILES string of the molecule is Cc1ccc2sc3ccccc3c(=O)c2c1.O=C1c2ccccc2S(=O)c2ccc(C(F)(F)F)cc21. The summed E-state index contributed by atoms with van der Waals surface area (Å²) in [4.78, 5) is 24.9. The zero-order valence-corrected chi connectivity index (χ0v) is 20.4. The summed E-state index contributed by atoms with van der Waals surface area (Å²) in [6, 6.07) is 22.8. The number of rotatable bonds is 0. The fourth-order valence-corrected chi connectivity index (χ4v) is 6.44. The Labute approximate surface area is 210 Å². The second-order valence-corrected chi connectivity index (χ2v) is 10.7. The van der Waals surface area contributed by atoms with Crippen LogP contribution in [0.15, 0.2) is 99.5 Å². The molecule has 1 aliphatic heterocycles. The van der Waals surface area contributed by atoms with Crippen molar-refractivity contribution in [1.82, 2.24) is 0 Å². The maximum absolute atomic E-state index is 12.7. The highest BCUT2D eigenvalue weighted by atomic mass is 32.2. The van der Waals surface area contributed by atoms with Gasteiger partial charge in [0.1, 0.15) is 0 Å². The highest BCUT2D eigenvalue weighted by Crippen LogP contribution is 2.36. The van der Waals surface area contributed by atoms with Gasteiger partial charge < -0.3 is 0 Å². The van der Waals surface area contributed by atoms with E-state index in [1.165, 1.54) is 6.07 Å². The van der Waals surface area contributed by atoms with Crippen LogP contribution in [0.25, 0.3) is 20.2 Å². The summed E-state index contributed by atoms with van der Waals surface area (Å²) >= 11 is 1.67. The van der Waals surface area contributed by atoms with Crippen LogP contribution in [-0.4, -0.2) is 9.99 Å². The van der Waals surface area contributed by atoms with E-state index in [-0.39, 0.29) is 21.5 Å². The first kappa shape index (κ1) is 24.1. The molecule has 0 radical (unpaired) electrons. The molecule has 2 heterocycles. The van der Waals surface area contributed by atoms with Gasteiger partial charge in [0.05, 0.1) is 26.2 Å². The number of hydrogen-bond acceptors (Lipinski definition) is 4. The first-order chi connectivity index (χ1) is 17.1. The molecule has 0 saturated heterocycles. The molecule has 0 fully saturated rings. The molecule has 0 amide bonds. The number of ketones is 1. The Hall–Kier alpha value is -3.62. The molecule has 1 atom stereocenters. The predicted octanol–water partition coefficient (Wildman–Crippen LogP) is 7.14. The standard InChI is InChI=1S/C14H7F3O2S.C14H10OS/c15-14(16,17)8-5-6-12-10(7-8)13(18)9-3-1-2-4-11(9)20(12)19;1-9-6-7-13-11(8-9)14(15)10-4-2-3-5-12(10)16-13/h1-7H;2-8H,1H3. The van der Waals surface area contributed by atoms with Gasteiger partial charge >= 0.3 is 6.18 Å². The lowest BCUT2D eigenvalue weighted by atomic mass is 10.0. The maximum Gasteiger partial charge on any atom is 0.416 e. The van der Waals surface area contributed by atoms with E-state index in [0.29, 0.717) is 4.90 Å². The molecule has 3 nitrogen and oxygen atoms in total. The van der Waals surface area contributed by atoms with Gasteiger partial charge in [0, 0.05) is 31.3 Å². The van der Waals surface area contributed by atoms with E-state index in [1.54, 1.807) is 29.5 Å². The quantitative estimate of drug-likeness (QED) is 0.199. The second-order valence-electron chi connectivity index (χ2n) is 8.23. The molecule has 1 aromatic heterocycles. The van der Waals surface area contributed by atoms with Gasteiger partial charge in [-0.2, -0.15) is 13.2 Å². The number of halogens is 3. The third kappa shape index (κ3) is 4.27. The van der Waals surface area contributed by atoms with Crippen molar-refractivity contribution in [3.05, 3.63) is 117 Å². The van der Waals surface area contributed by atoms with E-state index in [2.05, 4.69) is 0 Å². The molecule has 0 N–H and O–H groups in total. The maximum atomic E-state index is 12.7. The molecule has 8 heteroatoms. The fourth-order valence-electron chi connectivity index (χ4n) is 4.04. The normalized spacial score (nSPS) is 14.7. The Morgan fingerprint density at radius 2 is 1.39 bits per heavy atom. The lowest BCUT2D eigenvalue weighted by molar-refractivity contribution is -0.137. The average Bonchev–Trinajstić information content (AvgIpc) is 2.87. The monoisotopic (exact) mass is 522 g/mol. The van der Waals surface area contributed by atoms with Crippen LogP contribution in [0.3, 0.4) is 0 Å². The number of carbonyl (C=O) groups is 1. The Bertz CT molecular complexity index is 1750. The van der Waals surface area contributed by atoms with E-state index in [0.717, 1.165) is 43.9 Å². The van der Waals surface area contributed by atoms with Crippen molar-refractivity contribution in [1.29, 1.82) is 0 Å². The van der Waals surface area contributed by atoms with Gasteiger partial charge in [-0.25, -0.2) is 4.21 Å². The topological polar surface area (TPSA) is 51.2 Å². The first-order valence-electron chi connectivity index (χ1n) is 10.8. The molecular formula is C28H17F3O3S2. The van der Waals surface area contributed by atoms with Gasteiger partial charge in [0.2, 0.25) is 0 Å². The number of aryl methyl sites for hydroxylation is 1. The van der Waals surface area contributed by atoms with E-state index in [9.17, 15) is 27.0 Å². The lowest BCUT2D eigenvalue weighted by Gasteiger charge is -2.19. The van der Waals surface area contributed by atoms with Crippen LogP contribution in [0.2, 0.25) is 0 Å². The smallest absolute Gasteiger partial charge is 0.289 e. The Morgan fingerprint density at radius 1 is 0.722 bits per heavy atom. The number of alkyl halides is 3. The Kier molecular flexibility index (Phi) is 6.10. The van der Waals surface area contributed by atoms with Crippen molar-refractivity contribution in [2.45, 2.75) is 22.9 Å². The number of hydrogen-bond donors (Lipinski definition) is 0. The third-order valence-corrected chi connectivity index (χ3v) is 8.48. The molecule has 1 aliphatic rings. The zero-order valence-electron chi connectivity index (χ0n) is 18.8. The largest absolute Gasteiger partial charge is 0.416 e. The van der Waals surface area contributed by atoms with Crippen LogP contribution in [0.5, 0.6) is 0 Å². The molecule has 5 aromatic rings. The van der Waals surface area contributed by atoms with Crippen molar-refractivity contribution < 1.29 is 22.2 Å². The number of benzene rings is 4. The Morgan fingerprint density at radius 3 is 2.17 bits per heavy atom. The molecular weight excluding hydrogens is 505 g/mol. The van der Waals surface area contributed by atoms with Crippen molar-refractivity contribution in [3.63, 3.8) is 0 Å². The summed E-state index contributed by atoms with van der Waals surface area (Å²) in [5, 5.41) is 1.66. The van der Waals surface area contributed by atoms with Gasteiger partial charge in [-0.05, 0) is 61.5 Å². The van der Waals surface area contributed by atoms with Gasteiger partial charge in [-0.3, -0.25) is 9.59 Å². The molecule has 1 unspecified atom stereocenters. The van der Waals surface area contributed by atoms with E-state index in [4.69, 9.17) is 0 Å². The van der Waals surface area contributed by atoms with Crippen molar-refractivity contribution in [2.24, 2.45) is 0 Å². The van der Waals surface area contributed by atoms with E-state index in [1.807, 2.05) is 49.4 Å². The molecule has 36 heavy (non-hydrogen) atoms. The Balaban J connectivity index is 0.000000152. The van der Waals surface area contributed by atoms with Crippen LogP contribution >= 0.6 is 11.3 Å². The summed E-state index contributed by atoms with van der Waals surface area (Å²) < 4.78 is 52.5. The van der Waals surface area contributed by atoms with Crippen LogP contribution < -0.4 is 5.43 Å². The molecule has 180 valence electrons. The van der Waals surface area contributed by atoms with Gasteiger partial charge in [0.25, 0.3) is 0 Å². The van der Waals surface area contributed by atoms with Gasteiger partial charge in [0.15, 0.2) is 11.2 Å². The van der Waals surface area contributed by atoms with Crippen LogP contribution in [0.4, 0.5) is 13.2 Å². The highest BCUT2D eigenvalue weighted by Gasteiger charge is 2.35. The van der Waals surface area contributed by atoms with Crippen molar-refractivity contribution in [3.8, 4) is 0 Å². The lowest BCUT2D eigenvalue weighted by Crippen LogP contribution is -2.18. The van der Waals surface area contributed by atoms with Crippen molar-refractivity contribution in [2.75, 3.05) is 0 Å². The minimum absolute atomic E-state index is 0.127. The summed E-state index contributed by atoms with van der Waals surface area (Å²) in [7, 11) is -1.63. The summed E-state index contributed by atoms with van der Waals surface area (Å²) in [6.07, 6.45) is -4.53. The van der Waals surface area contributed by atoms with Gasteiger partial charge in [-0.1, -0.05) is 35.9 Å². The minimum atomic E-state index is -4.53. The summed E-state index contributed by atoms with van der Waals surface area (Å²) in [5.41, 5.74) is 0.413. The van der Waals surface area contributed by atoms with E-state index < -0.39 is 28.3 Å². The molecule has 0 spiro atoms. The average molecular weight is 523 g/mol. The molecule has 4 aromatic carbocycles. The zero-order chi connectivity index (χ0) is 25.6. The summed E-state index contributed by atoms with van der Waals surface area (Å²) in [5.74, 6) is -0.527. The van der Waals surface area contributed by atoms with Gasteiger partial charge in [-0.15, -0.1) is 11.3 Å². The molecule has 0 aliphatic carbocycles. The van der Waals surface area contributed by atoms with Crippen LogP contribution in [0.1, 0.15) is 27.0 Å². The highest BCUT2D eigenvalue weighted by molar-refractivity contribution is 7.85. The minimum Gasteiger partial charge on any atom is -0.289 e. The first-order valence-corrected chi connectivity index (χ1v) is 12.8. The van der Waals surface area contributed by atoms with Crippen LogP contribution in [-0.2, 0) is 17.0 Å². The third-order valence-electron chi connectivity index (χ3n) is 5.81. The number of fused-ring (bicyclic) bond motifs is 4. The van der Waals surface area contributed by atoms with E-state index >= 15 is 0 Å². The van der Waals surface area contributed by atoms with Crippen molar-refractivity contribution >= 4 is 48.1 Å². The second kappa shape index (κ2) is 9.11. The fraction of sp³-hybridized carbons (Fsp3) is 0.0714. The number of carbonyl (C=O) groups excluding carboxylic acids is 1. The summed E-state index contributed by atoms with van der Waals surface area (Å²) in [6.45, 7) is 2.01.